The van der Waals surface area contributed by atoms with Gasteiger partial charge in [0.05, 0.1) is 0 Å². The lowest BCUT2D eigenvalue weighted by Crippen LogP contribution is -2.36. The third-order valence-corrected chi connectivity index (χ3v) is 5.58. The molecule has 0 bridgehead atoms. The number of carbonyl (C=O) groups is 2. The number of aliphatic hydroxyl groups is 1. The molecule has 164 valence electrons. The van der Waals surface area contributed by atoms with Gasteiger partial charge in [-0.3, -0.25) is 4.79 Å². The summed E-state index contributed by atoms with van der Waals surface area (Å²) in [6, 6.07) is 0. The van der Waals surface area contributed by atoms with Crippen LogP contribution in [-0.4, -0.2) is 23.1 Å². The molecule has 1 N–H and O–H groups in total. The molecule has 0 aromatic heterocycles. The average molecular weight is 397 g/mol. The van der Waals surface area contributed by atoms with Gasteiger partial charge in [-0.2, -0.15) is 0 Å². The molecule has 0 heterocycles. The summed E-state index contributed by atoms with van der Waals surface area (Å²) >= 11 is 0. The highest BCUT2D eigenvalue weighted by Gasteiger charge is 2.30. The summed E-state index contributed by atoms with van der Waals surface area (Å²) in [5.74, 6) is 1.50. The number of allylic oxidation sites excluding steroid dienone is 1. The van der Waals surface area contributed by atoms with Crippen LogP contribution in [0.1, 0.15) is 106 Å². The van der Waals surface area contributed by atoms with E-state index in [9.17, 15) is 14.7 Å². The summed E-state index contributed by atoms with van der Waals surface area (Å²) in [7, 11) is 0. The molecule has 0 radical (unpaired) electrons. The Bertz CT molecular complexity index is 465. The van der Waals surface area contributed by atoms with Crippen LogP contribution in [0.5, 0.6) is 0 Å². The summed E-state index contributed by atoms with van der Waals surface area (Å²) in [4.78, 5) is 21.7. The van der Waals surface area contributed by atoms with Gasteiger partial charge >= 0.3 is 12.4 Å². The Kier molecular flexibility index (Phi) is 14.2. The number of hydrogen-bond donors (Lipinski definition) is 1. The first-order chi connectivity index (χ1) is 13.1. The Morgan fingerprint density at radius 1 is 0.964 bits per heavy atom. The summed E-state index contributed by atoms with van der Waals surface area (Å²) in [5, 5.41) is 10.0. The Morgan fingerprint density at radius 3 is 1.96 bits per heavy atom. The molecule has 0 spiro atoms. The molecule has 0 saturated heterocycles. The number of esters is 1. The van der Waals surface area contributed by atoms with Crippen LogP contribution >= 0.6 is 0 Å². The minimum Gasteiger partial charge on any atom is -0.393 e. The highest BCUT2D eigenvalue weighted by Crippen LogP contribution is 2.22. The molecule has 0 aromatic carbocycles. The number of rotatable bonds is 16. The minimum absolute atomic E-state index is 0.0567. The normalized spacial score (nSPS) is 16.5. The first-order valence-electron chi connectivity index (χ1n) is 11.1. The van der Waals surface area contributed by atoms with Crippen LogP contribution in [-0.2, 0) is 14.3 Å². The Hall–Kier alpha value is -1.16. The van der Waals surface area contributed by atoms with Gasteiger partial charge in [-0.1, -0.05) is 84.3 Å². The molecule has 28 heavy (non-hydrogen) atoms. The molecule has 3 atom stereocenters. The molecular formula is C24H44O4. The monoisotopic (exact) mass is 396 g/mol. The van der Waals surface area contributed by atoms with Gasteiger partial charge in [0.2, 0.25) is 0 Å². The molecule has 0 saturated carbocycles. The highest BCUT2D eigenvalue weighted by atomic mass is 16.6. The van der Waals surface area contributed by atoms with Gasteiger partial charge in [0.15, 0.2) is 5.60 Å². The van der Waals surface area contributed by atoms with Gasteiger partial charge < -0.3 is 9.84 Å². The molecule has 0 fully saturated rings. The third kappa shape index (κ3) is 13.9. The second-order valence-corrected chi connectivity index (χ2v) is 9.39. The van der Waals surface area contributed by atoms with Crippen molar-refractivity contribution in [2.75, 3.05) is 0 Å². The second kappa shape index (κ2) is 14.8. The molecule has 4 heteroatoms. The molecule has 4 nitrogen and oxygen atoms in total. The van der Waals surface area contributed by atoms with Crippen LogP contribution in [0.3, 0.4) is 0 Å². The Morgan fingerprint density at radius 2 is 1.46 bits per heavy atom. The smallest absolute Gasteiger partial charge is 0.345 e. The molecule has 0 aliphatic carbocycles. The van der Waals surface area contributed by atoms with Crippen molar-refractivity contribution < 1.29 is 19.4 Å². The molecule has 3 unspecified atom stereocenters. The molecule has 0 aromatic rings. The zero-order chi connectivity index (χ0) is 21.6. The topological polar surface area (TPSA) is 63.6 Å². The lowest BCUT2D eigenvalue weighted by molar-refractivity contribution is -0.166. The highest BCUT2D eigenvalue weighted by molar-refractivity contribution is 5.83. The molecule has 0 aliphatic rings. The largest absolute Gasteiger partial charge is 0.393 e. The Balaban J connectivity index is 3.93. The predicted octanol–water partition coefficient (Wildman–Crippen LogP) is 6.21. The molecule has 0 aliphatic heterocycles. The van der Waals surface area contributed by atoms with E-state index >= 15 is 0 Å². The van der Waals surface area contributed by atoms with Crippen LogP contribution in [0.25, 0.3) is 0 Å². The first-order valence-corrected chi connectivity index (χ1v) is 11.1. The second-order valence-electron chi connectivity index (χ2n) is 9.39. The summed E-state index contributed by atoms with van der Waals surface area (Å²) in [6.45, 7) is 12.8. The van der Waals surface area contributed by atoms with Crippen molar-refractivity contribution in [3.05, 3.63) is 11.6 Å². The van der Waals surface area contributed by atoms with Crippen LogP contribution in [0.2, 0.25) is 0 Å². The van der Waals surface area contributed by atoms with Crippen molar-refractivity contribution in [1.29, 1.82) is 0 Å². The third-order valence-electron chi connectivity index (χ3n) is 5.58. The number of ether oxygens (including phenoxy) is 1. The standard InChI is InChI=1S/C24H44O4/c1-19(2)10-7-11-20(3)12-8-13-21(4)14-9-15-22(5)16-17-24(6,27)23(26)28-18-25/h16,18-21,27H,7-15,17H2,1-6H3. The lowest BCUT2D eigenvalue weighted by atomic mass is 9.91. The number of hydrogen-bond acceptors (Lipinski definition) is 4. The van der Waals surface area contributed by atoms with E-state index in [4.69, 9.17) is 0 Å². The SMILES string of the molecule is CC(=CCC(C)(O)C(=O)OC=O)CCCC(C)CCCC(C)CCCC(C)C. The maximum atomic E-state index is 11.5. The van der Waals surface area contributed by atoms with E-state index in [1.165, 1.54) is 51.9 Å². The number of carbonyl (C=O) groups excluding carboxylic acids is 2. The first kappa shape index (κ1) is 26.8. The summed E-state index contributed by atoms with van der Waals surface area (Å²) in [6.07, 6.45) is 13.4. The molecule has 0 amide bonds. The van der Waals surface area contributed by atoms with Crippen LogP contribution < -0.4 is 0 Å². The van der Waals surface area contributed by atoms with Gasteiger partial charge in [0.25, 0.3) is 0 Å². The van der Waals surface area contributed by atoms with E-state index in [0.717, 1.165) is 36.2 Å². The maximum absolute atomic E-state index is 11.5. The Labute approximate surface area is 173 Å². The van der Waals surface area contributed by atoms with Crippen LogP contribution in [0.4, 0.5) is 0 Å². The van der Waals surface area contributed by atoms with Crippen molar-refractivity contribution in [3.8, 4) is 0 Å². The zero-order valence-electron chi connectivity index (χ0n) is 19.1. The van der Waals surface area contributed by atoms with Gasteiger partial charge in [0.1, 0.15) is 0 Å². The fraction of sp³-hybridized carbons (Fsp3) is 0.833. The maximum Gasteiger partial charge on any atom is 0.345 e. The fourth-order valence-electron chi connectivity index (χ4n) is 3.44. The van der Waals surface area contributed by atoms with E-state index in [1.54, 1.807) is 0 Å². The minimum atomic E-state index is -1.65. The lowest BCUT2D eigenvalue weighted by Gasteiger charge is -2.18. The van der Waals surface area contributed by atoms with Crippen molar-refractivity contribution in [1.82, 2.24) is 0 Å². The van der Waals surface area contributed by atoms with Gasteiger partial charge in [-0.25, -0.2) is 4.79 Å². The predicted molar refractivity (Wildman–Crippen MR) is 116 cm³/mol. The van der Waals surface area contributed by atoms with E-state index in [-0.39, 0.29) is 12.9 Å². The van der Waals surface area contributed by atoms with Crippen molar-refractivity contribution in [2.24, 2.45) is 17.8 Å². The van der Waals surface area contributed by atoms with E-state index in [1.807, 2.05) is 13.0 Å². The van der Waals surface area contributed by atoms with Crippen LogP contribution in [0.15, 0.2) is 11.6 Å². The molecular weight excluding hydrogens is 352 g/mol. The fourth-order valence-corrected chi connectivity index (χ4v) is 3.44. The van der Waals surface area contributed by atoms with Crippen LogP contribution in [0, 0.1) is 17.8 Å². The van der Waals surface area contributed by atoms with E-state index in [2.05, 4.69) is 32.4 Å². The van der Waals surface area contributed by atoms with E-state index in [0.29, 0.717) is 0 Å². The summed E-state index contributed by atoms with van der Waals surface area (Å²) < 4.78 is 4.24. The van der Waals surface area contributed by atoms with Gasteiger partial charge in [-0.05, 0) is 44.4 Å². The zero-order valence-corrected chi connectivity index (χ0v) is 19.1. The average Bonchev–Trinajstić information content (AvgIpc) is 2.60. The van der Waals surface area contributed by atoms with Crippen molar-refractivity contribution >= 4 is 12.4 Å². The quantitative estimate of drug-likeness (QED) is 0.146. The van der Waals surface area contributed by atoms with Crippen molar-refractivity contribution in [3.63, 3.8) is 0 Å². The van der Waals surface area contributed by atoms with Gasteiger partial charge in [-0.15, -0.1) is 0 Å². The van der Waals surface area contributed by atoms with Gasteiger partial charge in [0, 0.05) is 6.42 Å². The van der Waals surface area contributed by atoms with Crippen molar-refractivity contribution in [2.45, 2.75) is 111 Å². The van der Waals surface area contributed by atoms with E-state index < -0.39 is 11.6 Å². The molecule has 0 rings (SSSR count). The summed E-state index contributed by atoms with van der Waals surface area (Å²) in [5.41, 5.74) is -0.494.